The maximum atomic E-state index is 13.1. The minimum atomic E-state index is -0.547. The highest BCUT2D eigenvalue weighted by Gasteiger charge is 2.57. The minimum Gasteiger partial charge on any atom is -0.504 e. The van der Waals surface area contributed by atoms with Gasteiger partial charge in [0, 0.05) is 28.1 Å². The Labute approximate surface area is 149 Å². The summed E-state index contributed by atoms with van der Waals surface area (Å²) in [6.07, 6.45) is 4.31. The molecular formula is C21H28O4. The third-order valence-corrected chi connectivity index (χ3v) is 6.31. The summed E-state index contributed by atoms with van der Waals surface area (Å²) in [5.41, 5.74) is 0.938. The highest BCUT2D eigenvalue weighted by Crippen LogP contribution is 2.60. The van der Waals surface area contributed by atoms with Crippen molar-refractivity contribution in [3.05, 3.63) is 34.3 Å². The molecule has 25 heavy (non-hydrogen) atoms. The Morgan fingerprint density at radius 2 is 1.84 bits per heavy atom. The standard InChI is InChI=1S/C21H28O4/c1-11(2)14-16(23)17(24)15-12(18(14)25-6)10-13(22)19-20(3,4)8-7-9-21(15,19)5/h10-11,19,24H,7-9H2,1-6H3. The predicted molar refractivity (Wildman–Crippen MR) is 95.9 cm³/mol. The molecule has 2 unspecified atom stereocenters. The molecule has 1 fully saturated rings. The van der Waals surface area contributed by atoms with E-state index in [2.05, 4.69) is 13.8 Å². The molecule has 0 aliphatic heterocycles. The van der Waals surface area contributed by atoms with Crippen molar-refractivity contribution in [3.63, 3.8) is 0 Å². The van der Waals surface area contributed by atoms with Crippen molar-refractivity contribution >= 4 is 11.6 Å². The number of aliphatic hydroxyl groups is 1. The van der Waals surface area contributed by atoms with Crippen LogP contribution in [0.25, 0.3) is 0 Å². The summed E-state index contributed by atoms with van der Waals surface area (Å²) < 4.78 is 5.57. The van der Waals surface area contributed by atoms with Crippen LogP contribution < -0.4 is 0 Å². The SMILES string of the molecule is COC1=C(C(C)C)C(=O)C(O)=C2C1=CC(=O)C1C(C)(C)CCCC21C. The van der Waals surface area contributed by atoms with Gasteiger partial charge in [-0.2, -0.15) is 0 Å². The fourth-order valence-electron chi connectivity index (χ4n) is 5.45. The largest absolute Gasteiger partial charge is 0.504 e. The van der Waals surface area contributed by atoms with E-state index in [0.717, 1.165) is 19.3 Å². The quantitative estimate of drug-likeness (QED) is 0.812. The van der Waals surface area contributed by atoms with Gasteiger partial charge < -0.3 is 9.84 Å². The van der Waals surface area contributed by atoms with Gasteiger partial charge in [-0.15, -0.1) is 0 Å². The summed E-state index contributed by atoms with van der Waals surface area (Å²) in [5, 5.41) is 10.9. The van der Waals surface area contributed by atoms with Gasteiger partial charge in [0.25, 0.3) is 0 Å². The number of Topliss-reactive ketones (excluding diaryl/α,β-unsaturated/α-hetero) is 1. The number of hydrogen-bond acceptors (Lipinski definition) is 4. The van der Waals surface area contributed by atoms with Gasteiger partial charge in [-0.3, -0.25) is 9.59 Å². The molecule has 4 heteroatoms. The van der Waals surface area contributed by atoms with Gasteiger partial charge >= 0.3 is 0 Å². The Balaban J connectivity index is 2.32. The van der Waals surface area contributed by atoms with Gasteiger partial charge in [-0.1, -0.05) is 41.0 Å². The zero-order chi connectivity index (χ0) is 18.7. The van der Waals surface area contributed by atoms with Crippen LogP contribution in [0.2, 0.25) is 0 Å². The lowest BCUT2D eigenvalue weighted by atomic mass is 9.49. The highest BCUT2D eigenvalue weighted by atomic mass is 16.5. The van der Waals surface area contributed by atoms with Crippen LogP contribution in [0.5, 0.6) is 0 Å². The second-order valence-corrected chi connectivity index (χ2v) is 8.81. The summed E-state index contributed by atoms with van der Waals surface area (Å²) in [6, 6.07) is 0. The molecule has 0 aromatic rings. The molecule has 0 amide bonds. The number of aliphatic hydroxyl groups excluding tert-OH is 1. The summed E-state index contributed by atoms with van der Waals surface area (Å²) in [4.78, 5) is 26.0. The number of allylic oxidation sites excluding steroid dienone is 3. The second kappa shape index (κ2) is 5.58. The molecule has 0 aromatic heterocycles. The van der Waals surface area contributed by atoms with E-state index in [0.29, 0.717) is 22.5 Å². The van der Waals surface area contributed by atoms with E-state index < -0.39 is 5.41 Å². The Bertz CT molecular complexity index is 748. The molecule has 1 N–H and O–H groups in total. The number of ether oxygens (including phenoxy) is 1. The maximum Gasteiger partial charge on any atom is 0.227 e. The number of fused-ring (bicyclic) bond motifs is 3. The number of carbonyl (C=O) groups is 2. The topological polar surface area (TPSA) is 63.6 Å². The van der Waals surface area contributed by atoms with E-state index in [1.165, 1.54) is 7.11 Å². The van der Waals surface area contributed by atoms with Crippen LogP contribution in [0.4, 0.5) is 0 Å². The van der Waals surface area contributed by atoms with Crippen molar-refractivity contribution in [2.75, 3.05) is 7.11 Å². The van der Waals surface area contributed by atoms with E-state index in [1.807, 2.05) is 20.8 Å². The predicted octanol–water partition coefficient (Wildman–Crippen LogP) is 4.28. The third kappa shape index (κ3) is 2.33. The van der Waals surface area contributed by atoms with Gasteiger partial charge in [0.05, 0.1) is 7.11 Å². The van der Waals surface area contributed by atoms with Gasteiger partial charge in [0.2, 0.25) is 5.78 Å². The molecule has 0 bridgehead atoms. The Kier molecular flexibility index (Phi) is 4.01. The monoisotopic (exact) mass is 344 g/mol. The third-order valence-electron chi connectivity index (χ3n) is 6.31. The normalized spacial score (nSPS) is 31.8. The summed E-state index contributed by atoms with van der Waals surface area (Å²) in [6.45, 7) is 10.0. The molecule has 3 aliphatic carbocycles. The van der Waals surface area contributed by atoms with Crippen LogP contribution in [0.1, 0.15) is 53.9 Å². The first-order valence-corrected chi connectivity index (χ1v) is 9.09. The smallest absolute Gasteiger partial charge is 0.227 e. The summed E-state index contributed by atoms with van der Waals surface area (Å²) in [5.74, 6) is -0.378. The average molecular weight is 344 g/mol. The first-order valence-electron chi connectivity index (χ1n) is 9.09. The van der Waals surface area contributed by atoms with Crippen LogP contribution in [0.3, 0.4) is 0 Å². The van der Waals surface area contributed by atoms with E-state index in [4.69, 9.17) is 4.74 Å². The maximum absolute atomic E-state index is 13.1. The fraction of sp³-hybridized carbons (Fsp3) is 0.619. The molecule has 0 aromatic carbocycles. The molecule has 0 saturated heterocycles. The Hall–Kier alpha value is -1.84. The minimum absolute atomic E-state index is 0.0748. The van der Waals surface area contributed by atoms with Crippen molar-refractivity contribution in [2.24, 2.45) is 22.7 Å². The lowest BCUT2D eigenvalue weighted by Crippen LogP contribution is -2.51. The molecule has 2 atom stereocenters. The van der Waals surface area contributed by atoms with Crippen molar-refractivity contribution in [1.82, 2.24) is 0 Å². The summed E-state index contributed by atoms with van der Waals surface area (Å²) in [7, 11) is 1.52. The number of rotatable bonds is 2. The van der Waals surface area contributed by atoms with E-state index >= 15 is 0 Å². The molecule has 4 nitrogen and oxygen atoms in total. The second-order valence-electron chi connectivity index (χ2n) is 8.81. The highest BCUT2D eigenvalue weighted by molar-refractivity contribution is 6.12. The number of hydrogen-bond donors (Lipinski definition) is 1. The zero-order valence-electron chi connectivity index (χ0n) is 16.0. The van der Waals surface area contributed by atoms with E-state index in [9.17, 15) is 14.7 Å². The van der Waals surface area contributed by atoms with E-state index in [-0.39, 0.29) is 34.6 Å². The first kappa shape index (κ1) is 18.0. The van der Waals surface area contributed by atoms with Crippen molar-refractivity contribution < 1.29 is 19.4 Å². The fourth-order valence-corrected chi connectivity index (χ4v) is 5.45. The van der Waals surface area contributed by atoms with Crippen LogP contribution in [0, 0.1) is 22.7 Å². The number of methoxy groups -OCH3 is 1. The average Bonchev–Trinajstić information content (AvgIpc) is 2.48. The molecular weight excluding hydrogens is 316 g/mol. The van der Waals surface area contributed by atoms with E-state index in [1.54, 1.807) is 6.08 Å². The van der Waals surface area contributed by atoms with Gasteiger partial charge in [0.1, 0.15) is 5.76 Å². The Morgan fingerprint density at radius 1 is 1.20 bits per heavy atom. The van der Waals surface area contributed by atoms with Crippen LogP contribution in [-0.4, -0.2) is 23.8 Å². The van der Waals surface area contributed by atoms with Gasteiger partial charge in [-0.25, -0.2) is 0 Å². The molecule has 0 spiro atoms. The van der Waals surface area contributed by atoms with Crippen LogP contribution in [0.15, 0.2) is 34.3 Å². The van der Waals surface area contributed by atoms with Crippen LogP contribution >= 0.6 is 0 Å². The first-order chi connectivity index (χ1) is 11.6. The number of carbonyl (C=O) groups excluding carboxylic acids is 2. The molecule has 136 valence electrons. The van der Waals surface area contributed by atoms with Gasteiger partial charge in [-0.05, 0) is 30.3 Å². The van der Waals surface area contributed by atoms with Gasteiger partial charge in [0.15, 0.2) is 11.5 Å². The molecule has 0 radical (unpaired) electrons. The lowest BCUT2D eigenvalue weighted by Gasteiger charge is -2.53. The molecule has 3 aliphatic rings. The molecule has 1 saturated carbocycles. The zero-order valence-corrected chi connectivity index (χ0v) is 16.0. The molecule has 3 rings (SSSR count). The van der Waals surface area contributed by atoms with Crippen molar-refractivity contribution in [2.45, 2.75) is 53.9 Å². The number of ketones is 2. The summed E-state index contributed by atoms with van der Waals surface area (Å²) >= 11 is 0. The lowest BCUT2D eigenvalue weighted by molar-refractivity contribution is -0.130. The Morgan fingerprint density at radius 3 is 2.40 bits per heavy atom. The van der Waals surface area contributed by atoms with Crippen LogP contribution in [-0.2, 0) is 14.3 Å². The van der Waals surface area contributed by atoms with Crippen molar-refractivity contribution in [1.29, 1.82) is 0 Å². The molecule has 0 heterocycles. The van der Waals surface area contributed by atoms with Crippen molar-refractivity contribution in [3.8, 4) is 0 Å².